The average Bonchev–Trinajstić information content (AvgIpc) is 3.43. The third kappa shape index (κ3) is 5.23. The Labute approximate surface area is 213 Å². The summed E-state index contributed by atoms with van der Waals surface area (Å²) in [4.78, 5) is 2.71. The fraction of sp³-hybridized carbons (Fsp3) is 0.806. The highest BCUT2D eigenvalue weighted by molar-refractivity contribution is 5.29. The first-order valence-corrected chi connectivity index (χ1v) is 14.6. The maximum atomic E-state index is 10.2. The van der Waals surface area contributed by atoms with Crippen molar-refractivity contribution in [2.75, 3.05) is 26.2 Å². The molecule has 5 fully saturated rings. The zero-order valence-electron chi connectivity index (χ0n) is 22.3. The molecule has 196 valence electrons. The van der Waals surface area contributed by atoms with Gasteiger partial charge in [0.1, 0.15) is 0 Å². The van der Waals surface area contributed by atoms with E-state index >= 15 is 0 Å². The zero-order valence-corrected chi connectivity index (χ0v) is 22.3. The number of allylic oxidation sites excluding steroid dienone is 3. The van der Waals surface area contributed by atoms with E-state index in [0.717, 1.165) is 37.1 Å². The molecule has 0 aromatic heterocycles. The quantitative estimate of drug-likeness (QED) is 0.485. The van der Waals surface area contributed by atoms with E-state index in [2.05, 4.69) is 37.5 Å². The second-order valence-electron chi connectivity index (χ2n) is 13.0. The van der Waals surface area contributed by atoms with Crippen molar-refractivity contribution in [1.29, 1.82) is 0 Å². The predicted molar refractivity (Wildman–Crippen MR) is 142 cm³/mol. The molecule has 0 bridgehead atoms. The van der Waals surface area contributed by atoms with Crippen LogP contribution in [0.3, 0.4) is 0 Å². The molecule has 35 heavy (non-hydrogen) atoms. The van der Waals surface area contributed by atoms with Gasteiger partial charge in [0.15, 0.2) is 0 Å². The highest BCUT2D eigenvalue weighted by Gasteiger charge is 2.50. The van der Waals surface area contributed by atoms with E-state index in [1.165, 1.54) is 70.8 Å². The van der Waals surface area contributed by atoms with Crippen LogP contribution in [-0.4, -0.2) is 59.2 Å². The average molecular weight is 484 g/mol. The number of fused-ring (bicyclic) bond motifs is 1. The van der Waals surface area contributed by atoms with Crippen molar-refractivity contribution >= 4 is 0 Å². The number of nitrogens with zero attached hydrogens (tertiary/aromatic N) is 1. The summed E-state index contributed by atoms with van der Waals surface area (Å²) in [6, 6.07) is 0. The van der Waals surface area contributed by atoms with E-state index in [-0.39, 0.29) is 5.60 Å². The van der Waals surface area contributed by atoms with Crippen LogP contribution in [0.4, 0.5) is 0 Å². The molecule has 5 rings (SSSR count). The highest BCUT2D eigenvalue weighted by Crippen LogP contribution is 2.59. The van der Waals surface area contributed by atoms with Crippen LogP contribution >= 0.6 is 0 Å². The third-order valence-electron chi connectivity index (χ3n) is 10.8. The summed E-state index contributed by atoms with van der Waals surface area (Å²) in [6.07, 6.45) is 17.7. The molecular weight excluding hydrogens is 434 g/mol. The molecule has 1 heterocycles. The summed E-state index contributed by atoms with van der Waals surface area (Å²) in [5.41, 5.74) is 3.94. The highest BCUT2D eigenvalue weighted by atomic mass is 16.5. The van der Waals surface area contributed by atoms with Gasteiger partial charge >= 0.3 is 0 Å². The van der Waals surface area contributed by atoms with E-state index in [4.69, 9.17) is 4.74 Å². The summed E-state index contributed by atoms with van der Waals surface area (Å²) in [7, 11) is 0. The lowest BCUT2D eigenvalue weighted by atomic mass is 9.61. The van der Waals surface area contributed by atoms with Gasteiger partial charge in [-0.15, -0.1) is 0 Å². The Morgan fingerprint density at radius 3 is 2.57 bits per heavy atom. The summed E-state index contributed by atoms with van der Waals surface area (Å²) >= 11 is 0. The van der Waals surface area contributed by atoms with Crippen molar-refractivity contribution in [2.45, 2.75) is 109 Å². The molecule has 2 N–H and O–H groups in total. The number of aliphatic hydroxyl groups is 2. The van der Waals surface area contributed by atoms with Gasteiger partial charge in [0.05, 0.1) is 24.4 Å². The van der Waals surface area contributed by atoms with E-state index in [1.54, 1.807) is 5.57 Å². The van der Waals surface area contributed by atoms with Crippen LogP contribution in [0.1, 0.15) is 90.9 Å². The molecule has 1 spiro atoms. The molecule has 5 aliphatic rings. The SMILES string of the molecule is C=C1[C@H](O)CC(=CC=C2CCC[C@]3(C)[C@@H]([C@H](C)CCN4CCOC5(CCCC5)C4)CC[C@@H]23)C[C@@H]1O. The van der Waals surface area contributed by atoms with Gasteiger partial charge in [0.2, 0.25) is 0 Å². The van der Waals surface area contributed by atoms with Crippen LogP contribution in [0.25, 0.3) is 0 Å². The van der Waals surface area contributed by atoms with Crippen molar-refractivity contribution < 1.29 is 14.9 Å². The van der Waals surface area contributed by atoms with Crippen molar-refractivity contribution in [3.05, 3.63) is 35.5 Å². The number of aliphatic hydroxyl groups excluding tert-OH is 2. The molecule has 0 unspecified atom stereocenters. The van der Waals surface area contributed by atoms with Gasteiger partial charge in [-0.2, -0.15) is 0 Å². The molecule has 1 saturated heterocycles. The number of rotatable bonds is 5. The van der Waals surface area contributed by atoms with Crippen molar-refractivity contribution in [3.8, 4) is 0 Å². The lowest BCUT2D eigenvalue weighted by Crippen LogP contribution is -2.50. The van der Waals surface area contributed by atoms with Crippen molar-refractivity contribution in [3.63, 3.8) is 0 Å². The van der Waals surface area contributed by atoms with Gasteiger partial charge in [-0.05, 0) is 99.5 Å². The monoisotopic (exact) mass is 483 g/mol. The van der Waals surface area contributed by atoms with Crippen LogP contribution in [0, 0.1) is 23.2 Å². The second-order valence-corrected chi connectivity index (χ2v) is 13.0. The molecule has 0 radical (unpaired) electrons. The Hall–Kier alpha value is -0.940. The van der Waals surface area contributed by atoms with Crippen LogP contribution in [0.15, 0.2) is 35.5 Å². The molecular formula is C31H49NO3. The Morgan fingerprint density at radius 1 is 1.09 bits per heavy atom. The Balaban J connectivity index is 1.20. The Morgan fingerprint density at radius 2 is 1.83 bits per heavy atom. The van der Waals surface area contributed by atoms with Crippen LogP contribution < -0.4 is 0 Å². The molecule has 0 aromatic rings. The van der Waals surface area contributed by atoms with E-state index in [9.17, 15) is 10.2 Å². The zero-order chi connectivity index (χ0) is 24.6. The van der Waals surface area contributed by atoms with Crippen molar-refractivity contribution in [2.24, 2.45) is 23.2 Å². The molecule has 0 aromatic carbocycles. The van der Waals surface area contributed by atoms with Gasteiger partial charge in [-0.25, -0.2) is 0 Å². The summed E-state index contributed by atoms with van der Waals surface area (Å²) in [6.45, 7) is 13.4. The normalized spacial score (nSPS) is 41.1. The third-order valence-corrected chi connectivity index (χ3v) is 10.8. The Bertz CT molecular complexity index is 824. The van der Waals surface area contributed by atoms with Crippen LogP contribution in [0.2, 0.25) is 0 Å². The van der Waals surface area contributed by atoms with E-state index in [0.29, 0.717) is 29.7 Å². The van der Waals surface area contributed by atoms with Gasteiger partial charge < -0.3 is 14.9 Å². The smallest absolute Gasteiger partial charge is 0.0809 e. The Kier molecular flexibility index (Phi) is 7.66. The fourth-order valence-electron chi connectivity index (χ4n) is 8.66. The molecule has 0 amide bonds. The van der Waals surface area contributed by atoms with Gasteiger partial charge in [0.25, 0.3) is 0 Å². The van der Waals surface area contributed by atoms with Gasteiger partial charge in [-0.1, -0.05) is 56.6 Å². The maximum absolute atomic E-state index is 10.2. The minimum absolute atomic E-state index is 0.182. The van der Waals surface area contributed by atoms with Gasteiger partial charge in [0, 0.05) is 13.1 Å². The number of morpholine rings is 1. The minimum Gasteiger partial charge on any atom is -0.388 e. The van der Waals surface area contributed by atoms with Gasteiger partial charge in [-0.3, -0.25) is 4.90 Å². The first kappa shape index (κ1) is 25.7. The predicted octanol–water partition coefficient (Wildman–Crippen LogP) is 5.80. The summed E-state index contributed by atoms with van der Waals surface area (Å²) in [5.74, 6) is 2.27. The van der Waals surface area contributed by atoms with E-state index < -0.39 is 12.2 Å². The standard InChI is InChI=1S/C31H49NO3/c1-22(12-16-32-17-18-35-31(21-32)14-4-5-15-31)26-10-11-27-25(7-6-13-30(26,27)3)9-8-24-19-28(33)23(2)29(34)20-24/h8-9,22,26-29,33-34H,2,4-7,10-21H2,1,3H3/t22-,26-,27+,28-,29+,30-/m1/s1. The molecule has 4 saturated carbocycles. The topological polar surface area (TPSA) is 52.9 Å². The lowest BCUT2D eigenvalue weighted by molar-refractivity contribution is -0.106. The molecule has 4 heteroatoms. The minimum atomic E-state index is -0.605. The number of hydrogen-bond acceptors (Lipinski definition) is 4. The van der Waals surface area contributed by atoms with Crippen molar-refractivity contribution in [1.82, 2.24) is 4.90 Å². The first-order valence-electron chi connectivity index (χ1n) is 14.6. The van der Waals surface area contributed by atoms with Crippen LogP contribution in [0.5, 0.6) is 0 Å². The molecule has 4 nitrogen and oxygen atoms in total. The van der Waals surface area contributed by atoms with Crippen LogP contribution in [-0.2, 0) is 4.74 Å². The number of hydrogen-bond donors (Lipinski definition) is 2. The second kappa shape index (κ2) is 10.4. The fourth-order valence-corrected chi connectivity index (χ4v) is 8.66. The number of ether oxygens (including phenoxy) is 1. The van der Waals surface area contributed by atoms with E-state index in [1.807, 2.05) is 0 Å². The molecule has 1 aliphatic heterocycles. The summed E-state index contributed by atoms with van der Waals surface area (Å²) in [5, 5.41) is 20.4. The largest absolute Gasteiger partial charge is 0.388 e. The lowest BCUT2D eigenvalue weighted by Gasteiger charge is -2.45. The maximum Gasteiger partial charge on any atom is 0.0809 e. The summed E-state index contributed by atoms with van der Waals surface area (Å²) < 4.78 is 6.26. The first-order chi connectivity index (χ1) is 16.8. The molecule has 6 atom stereocenters. The molecule has 4 aliphatic carbocycles.